The quantitative estimate of drug-likeness (QED) is 0.677. The van der Waals surface area contributed by atoms with Crippen LogP contribution in [-0.4, -0.2) is 14.1 Å². The van der Waals surface area contributed by atoms with Crippen LogP contribution in [0.2, 0.25) is 0 Å². The molecule has 0 spiro atoms. The molecular weight excluding hydrogens is 304 g/mol. The van der Waals surface area contributed by atoms with E-state index in [0.29, 0.717) is 12.0 Å². The number of nitrogens with zero attached hydrogens (tertiary/aromatic N) is 1. The van der Waals surface area contributed by atoms with Gasteiger partial charge in [-0.2, -0.15) is 18.4 Å². The monoisotopic (exact) mass is 322 g/mol. The largest absolute Gasteiger partial charge is 0.276 e. The predicted octanol–water partition coefficient (Wildman–Crippen LogP) is 3.46. The molecule has 2 aromatic rings. The minimum absolute atomic E-state index is 0.271. The highest BCUT2D eigenvalue weighted by Gasteiger charge is 2.16. The SMILES string of the molecule is CC/C(=N/NS(=O)(=O)c1cc(C)ccc1C)c1cccs1. The van der Waals surface area contributed by atoms with Gasteiger partial charge in [0, 0.05) is 0 Å². The second-order valence-electron chi connectivity index (χ2n) is 4.75. The molecule has 6 heteroatoms. The standard InChI is InChI=1S/C15H18N2O2S2/c1-4-13(14-6-5-9-20-14)16-17-21(18,19)15-10-11(2)7-8-12(15)3/h5-10,17H,4H2,1-3H3/b16-13-. The van der Waals surface area contributed by atoms with E-state index in [9.17, 15) is 8.42 Å². The third-order valence-electron chi connectivity index (χ3n) is 3.07. The molecule has 0 bridgehead atoms. The Hall–Kier alpha value is -1.66. The smallest absolute Gasteiger partial charge is 0.200 e. The molecule has 112 valence electrons. The van der Waals surface area contributed by atoms with E-state index in [-0.39, 0.29) is 4.90 Å². The molecule has 0 aliphatic heterocycles. The lowest BCUT2D eigenvalue weighted by atomic mass is 10.2. The van der Waals surface area contributed by atoms with E-state index in [1.54, 1.807) is 30.4 Å². The van der Waals surface area contributed by atoms with Crippen LogP contribution in [-0.2, 0) is 10.0 Å². The number of benzene rings is 1. The maximum absolute atomic E-state index is 12.4. The summed E-state index contributed by atoms with van der Waals surface area (Å²) in [6.45, 7) is 5.59. The topological polar surface area (TPSA) is 58.5 Å². The minimum Gasteiger partial charge on any atom is -0.200 e. The van der Waals surface area contributed by atoms with E-state index in [0.717, 1.165) is 16.2 Å². The van der Waals surface area contributed by atoms with Crippen LogP contribution >= 0.6 is 11.3 Å². The summed E-state index contributed by atoms with van der Waals surface area (Å²) in [6, 6.07) is 9.20. The Morgan fingerprint density at radius 2 is 2.05 bits per heavy atom. The first kappa shape index (κ1) is 15.7. The first-order valence-electron chi connectivity index (χ1n) is 6.63. The summed E-state index contributed by atoms with van der Waals surface area (Å²) >= 11 is 1.54. The lowest BCUT2D eigenvalue weighted by Gasteiger charge is -2.09. The van der Waals surface area contributed by atoms with Crippen LogP contribution in [0.1, 0.15) is 29.3 Å². The molecule has 0 fully saturated rings. The predicted molar refractivity (Wildman–Crippen MR) is 87.4 cm³/mol. The molecule has 1 N–H and O–H groups in total. The zero-order chi connectivity index (χ0) is 15.5. The van der Waals surface area contributed by atoms with Crippen LogP contribution in [0.15, 0.2) is 45.7 Å². The first-order valence-corrected chi connectivity index (χ1v) is 9.00. The number of hydrazone groups is 1. The number of thiophene rings is 1. The third-order valence-corrected chi connectivity index (χ3v) is 5.34. The Bertz CT molecular complexity index is 748. The molecule has 0 saturated heterocycles. The summed E-state index contributed by atoms with van der Waals surface area (Å²) in [5.74, 6) is 0. The van der Waals surface area contributed by atoms with Crippen LogP contribution in [0, 0.1) is 13.8 Å². The van der Waals surface area contributed by atoms with Crippen molar-refractivity contribution >= 4 is 27.1 Å². The fourth-order valence-electron chi connectivity index (χ4n) is 1.91. The van der Waals surface area contributed by atoms with Gasteiger partial charge in [-0.15, -0.1) is 11.3 Å². The Balaban J connectivity index is 2.31. The molecule has 1 heterocycles. The van der Waals surface area contributed by atoms with Gasteiger partial charge >= 0.3 is 0 Å². The van der Waals surface area contributed by atoms with Crippen molar-refractivity contribution in [3.05, 3.63) is 51.7 Å². The molecule has 0 aliphatic rings. The summed E-state index contributed by atoms with van der Waals surface area (Å²) in [5, 5.41) is 6.04. The van der Waals surface area contributed by atoms with Crippen molar-refractivity contribution < 1.29 is 8.42 Å². The number of nitrogens with one attached hydrogen (secondary N) is 1. The number of aryl methyl sites for hydroxylation is 2. The molecule has 2 rings (SSSR count). The van der Waals surface area contributed by atoms with Crippen LogP contribution in [0.25, 0.3) is 0 Å². The van der Waals surface area contributed by atoms with Gasteiger partial charge in [0.05, 0.1) is 15.5 Å². The molecule has 0 amide bonds. The Morgan fingerprint density at radius 3 is 2.67 bits per heavy atom. The van der Waals surface area contributed by atoms with Crippen molar-refractivity contribution in [3.63, 3.8) is 0 Å². The average Bonchev–Trinajstić information content (AvgIpc) is 2.96. The molecule has 1 aromatic carbocycles. The second kappa shape index (κ2) is 6.41. The zero-order valence-corrected chi connectivity index (χ0v) is 13.9. The summed E-state index contributed by atoms with van der Waals surface area (Å²) < 4.78 is 24.8. The number of sulfonamides is 1. The van der Waals surface area contributed by atoms with Crippen molar-refractivity contribution in [1.29, 1.82) is 0 Å². The van der Waals surface area contributed by atoms with Gasteiger partial charge in [0.25, 0.3) is 10.0 Å². The molecule has 0 unspecified atom stereocenters. The number of hydrogen-bond donors (Lipinski definition) is 1. The maximum atomic E-state index is 12.4. The molecular formula is C15H18N2O2S2. The fourth-order valence-corrected chi connectivity index (χ4v) is 3.86. The normalized spacial score (nSPS) is 12.4. The Kier molecular flexibility index (Phi) is 4.80. The summed E-state index contributed by atoms with van der Waals surface area (Å²) in [6.07, 6.45) is 0.663. The molecule has 0 saturated carbocycles. The minimum atomic E-state index is -3.64. The first-order chi connectivity index (χ1) is 9.94. The zero-order valence-electron chi connectivity index (χ0n) is 12.3. The van der Waals surface area contributed by atoms with Crippen LogP contribution in [0.4, 0.5) is 0 Å². The molecule has 0 radical (unpaired) electrons. The van der Waals surface area contributed by atoms with Gasteiger partial charge in [0.2, 0.25) is 0 Å². The van der Waals surface area contributed by atoms with E-state index >= 15 is 0 Å². The summed E-state index contributed by atoms with van der Waals surface area (Å²) in [4.78, 5) is 3.59. The molecule has 21 heavy (non-hydrogen) atoms. The van der Waals surface area contributed by atoms with Gasteiger partial charge < -0.3 is 0 Å². The lowest BCUT2D eigenvalue weighted by Crippen LogP contribution is -2.21. The van der Waals surface area contributed by atoms with Gasteiger partial charge in [0.1, 0.15) is 0 Å². The number of hydrogen-bond acceptors (Lipinski definition) is 4. The van der Waals surface area contributed by atoms with Crippen molar-refractivity contribution in [1.82, 2.24) is 4.83 Å². The van der Waals surface area contributed by atoms with Gasteiger partial charge in [-0.25, -0.2) is 0 Å². The highest BCUT2D eigenvalue weighted by atomic mass is 32.2. The van der Waals surface area contributed by atoms with E-state index in [1.165, 1.54) is 0 Å². The summed E-state index contributed by atoms with van der Waals surface area (Å²) in [7, 11) is -3.64. The van der Waals surface area contributed by atoms with E-state index < -0.39 is 10.0 Å². The highest BCUT2D eigenvalue weighted by molar-refractivity contribution is 7.89. The maximum Gasteiger partial charge on any atom is 0.276 e. The van der Waals surface area contributed by atoms with Crippen molar-refractivity contribution in [2.24, 2.45) is 5.10 Å². The van der Waals surface area contributed by atoms with E-state index in [2.05, 4.69) is 9.93 Å². The average molecular weight is 322 g/mol. The highest BCUT2D eigenvalue weighted by Crippen LogP contribution is 2.17. The van der Waals surface area contributed by atoms with Gasteiger partial charge in [-0.1, -0.05) is 25.1 Å². The van der Waals surface area contributed by atoms with Crippen molar-refractivity contribution in [2.75, 3.05) is 0 Å². The van der Waals surface area contributed by atoms with Crippen LogP contribution in [0.3, 0.4) is 0 Å². The molecule has 0 aliphatic carbocycles. The van der Waals surface area contributed by atoms with Gasteiger partial charge in [-0.3, -0.25) is 0 Å². The van der Waals surface area contributed by atoms with Gasteiger partial charge in [0.15, 0.2) is 0 Å². The Labute approximate surface area is 129 Å². The fraction of sp³-hybridized carbons (Fsp3) is 0.267. The van der Waals surface area contributed by atoms with Crippen molar-refractivity contribution in [3.8, 4) is 0 Å². The Morgan fingerprint density at radius 1 is 1.29 bits per heavy atom. The van der Waals surface area contributed by atoms with E-state index in [4.69, 9.17) is 0 Å². The molecule has 1 aromatic heterocycles. The third kappa shape index (κ3) is 3.71. The van der Waals surface area contributed by atoms with Crippen LogP contribution < -0.4 is 4.83 Å². The summed E-state index contributed by atoms with van der Waals surface area (Å²) in [5.41, 5.74) is 2.34. The molecule has 4 nitrogen and oxygen atoms in total. The molecule has 0 atom stereocenters. The van der Waals surface area contributed by atoms with Gasteiger partial charge in [-0.05, 0) is 48.9 Å². The van der Waals surface area contributed by atoms with Crippen molar-refractivity contribution in [2.45, 2.75) is 32.1 Å². The second-order valence-corrected chi connectivity index (χ2v) is 7.33. The lowest BCUT2D eigenvalue weighted by molar-refractivity contribution is 0.583. The number of rotatable bonds is 5. The van der Waals surface area contributed by atoms with E-state index in [1.807, 2.05) is 37.4 Å². The van der Waals surface area contributed by atoms with Crippen LogP contribution in [0.5, 0.6) is 0 Å².